The molecule has 1 aliphatic rings. The minimum Gasteiger partial charge on any atom is -0.314 e. The van der Waals surface area contributed by atoms with Gasteiger partial charge in [-0.05, 0) is 58.4 Å². The predicted octanol–water partition coefficient (Wildman–Crippen LogP) is 4.26. The van der Waals surface area contributed by atoms with Gasteiger partial charge in [0.2, 0.25) is 0 Å². The zero-order chi connectivity index (χ0) is 13.4. The van der Waals surface area contributed by atoms with Crippen LogP contribution in [0.5, 0.6) is 0 Å². The van der Waals surface area contributed by atoms with Gasteiger partial charge in [0.15, 0.2) is 0 Å². The van der Waals surface area contributed by atoms with Crippen LogP contribution in [0.25, 0.3) is 0 Å². The largest absolute Gasteiger partial charge is 0.314 e. The molecule has 1 fully saturated rings. The first-order chi connectivity index (χ1) is 8.53. The fraction of sp³-hybridized carbons (Fsp3) is 0.938. The lowest BCUT2D eigenvalue weighted by Gasteiger charge is -2.18. The first-order valence-corrected chi connectivity index (χ1v) is 7.68. The Morgan fingerprint density at radius 3 is 2.67 bits per heavy atom. The lowest BCUT2D eigenvalue weighted by atomic mass is 9.89. The summed E-state index contributed by atoms with van der Waals surface area (Å²) in [5, 5.41) is 12.6. The monoisotopic (exact) mass is 250 g/mol. The van der Waals surface area contributed by atoms with E-state index >= 15 is 0 Å². The van der Waals surface area contributed by atoms with Gasteiger partial charge in [-0.1, -0.05) is 26.2 Å². The molecule has 0 amide bonds. The van der Waals surface area contributed by atoms with Gasteiger partial charge >= 0.3 is 0 Å². The fourth-order valence-corrected chi connectivity index (χ4v) is 2.75. The first kappa shape index (κ1) is 15.5. The molecular weight excluding hydrogens is 220 g/mol. The van der Waals surface area contributed by atoms with Crippen molar-refractivity contribution in [1.82, 2.24) is 5.32 Å². The highest BCUT2D eigenvalue weighted by molar-refractivity contribution is 4.91. The highest BCUT2D eigenvalue weighted by atomic mass is 14.9. The second kappa shape index (κ2) is 7.79. The van der Waals surface area contributed by atoms with Crippen molar-refractivity contribution in [2.45, 2.75) is 78.2 Å². The summed E-state index contributed by atoms with van der Waals surface area (Å²) in [5.74, 6) is 0.924. The number of nitrogens with one attached hydrogen (secondary N) is 1. The molecule has 2 atom stereocenters. The van der Waals surface area contributed by atoms with Gasteiger partial charge in [0.25, 0.3) is 0 Å². The highest BCUT2D eigenvalue weighted by Gasteiger charge is 2.17. The van der Waals surface area contributed by atoms with Gasteiger partial charge in [0.1, 0.15) is 0 Å². The standard InChI is InChI=1S/C16H30N2/c1-14-7-6-8-15(10-9-14)18-12-5-4-11-16(2,3)13-17/h14-15,18H,4-12H2,1-3H3. The van der Waals surface area contributed by atoms with E-state index in [1.54, 1.807) is 0 Å². The Morgan fingerprint density at radius 2 is 1.94 bits per heavy atom. The molecule has 0 heterocycles. The molecule has 0 radical (unpaired) electrons. The summed E-state index contributed by atoms with van der Waals surface area (Å²) in [5.41, 5.74) is -0.141. The molecule has 0 saturated heterocycles. The number of rotatable bonds is 6. The van der Waals surface area contributed by atoms with Gasteiger partial charge in [-0.3, -0.25) is 0 Å². The zero-order valence-electron chi connectivity index (χ0n) is 12.5. The fourth-order valence-electron chi connectivity index (χ4n) is 2.75. The van der Waals surface area contributed by atoms with Crippen LogP contribution in [-0.2, 0) is 0 Å². The number of hydrogen-bond donors (Lipinski definition) is 1. The Bertz CT molecular complexity index is 265. The summed E-state index contributed by atoms with van der Waals surface area (Å²) < 4.78 is 0. The average Bonchev–Trinajstić information content (AvgIpc) is 2.54. The third kappa shape index (κ3) is 6.40. The Hall–Kier alpha value is -0.550. The summed E-state index contributed by atoms with van der Waals surface area (Å²) in [4.78, 5) is 0. The smallest absolute Gasteiger partial charge is 0.0683 e. The SMILES string of the molecule is CC1CCCC(NCCCCC(C)(C)C#N)CC1. The normalized spacial score (nSPS) is 25.4. The van der Waals surface area contributed by atoms with Gasteiger partial charge in [0, 0.05) is 6.04 Å². The summed E-state index contributed by atoms with van der Waals surface area (Å²) in [7, 11) is 0. The summed E-state index contributed by atoms with van der Waals surface area (Å²) >= 11 is 0. The lowest BCUT2D eigenvalue weighted by Crippen LogP contribution is -2.29. The maximum atomic E-state index is 8.94. The summed E-state index contributed by atoms with van der Waals surface area (Å²) in [6.45, 7) is 7.58. The van der Waals surface area contributed by atoms with Crippen LogP contribution < -0.4 is 5.32 Å². The van der Waals surface area contributed by atoms with E-state index in [2.05, 4.69) is 18.3 Å². The molecule has 1 saturated carbocycles. The molecule has 1 rings (SSSR count). The van der Waals surface area contributed by atoms with Crippen molar-refractivity contribution in [2.24, 2.45) is 11.3 Å². The topological polar surface area (TPSA) is 35.8 Å². The van der Waals surface area contributed by atoms with E-state index in [-0.39, 0.29) is 5.41 Å². The van der Waals surface area contributed by atoms with Gasteiger partial charge in [-0.2, -0.15) is 5.26 Å². The van der Waals surface area contributed by atoms with Crippen LogP contribution in [0.15, 0.2) is 0 Å². The first-order valence-electron chi connectivity index (χ1n) is 7.68. The second-order valence-electron chi connectivity index (χ2n) is 6.72. The van der Waals surface area contributed by atoms with Gasteiger partial charge in [-0.15, -0.1) is 0 Å². The minimum atomic E-state index is -0.141. The maximum absolute atomic E-state index is 8.94. The van der Waals surface area contributed by atoms with Crippen LogP contribution in [0, 0.1) is 22.7 Å². The number of hydrogen-bond acceptors (Lipinski definition) is 2. The molecule has 0 aromatic rings. The molecule has 0 aliphatic heterocycles. The van der Waals surface area contributed by atoms with Crippen LogP contribution in [0.2, 0.25) is 0 Å². The molecule has 0 spiro atoms. The number of unbranched alkanes of at least 4 members (excludes halogenated alkanes) is 1. The van der Waals surface area contributed by atoms with Crippen LogP contribution in [0.3, 0.4) is 0 Å². The second-order valence-corrected chi connectivity index (χ2v) is 6.72. The summed E-state index contributed by atoms with van der Waals surface area (Å²) in [6.07, 6.45) is 10.3. The third-order valence-electron chi connectivity index (χ3n) is 4.22. The average molecular weight is 250 g/mol. The van der Waals surface area contributed by atoms with Gasteiger partial charge < -0.3 is 5.32 Å². The van der Waals surface area contributed by atoms with Gasteiger partial charge in [-0.25, -0.2) is 0 Å². The Morgan fingerprint density at radius 1 is 1.17 bits per heavy atom. The quantitative estimate of drug-likeness (QED) is 0.564. The Balaban J connectivity index is 2.06. The molecule has 2 unspecified atom stereocenters. The Labute approximate surface area is 113 Å². The molecule has 0 aromatic heterocycles. The van der Waals surface area contributed by atoms with E-state index in [0.29, 0.717) is 0 Å². The van der Waals surface area contributed by atoms with E-state index in [9.17, 15) is 0 Å². The number of nitrogens with zero attached hydrogens (tertiary/aromatic N) is 1. The van der Waals surface area contributed by atoms with E-state index in [1.165, 1.54) is 38.5 Å². The molecule has 0 aromatic carbocycles. The zero-order valence-corrected chi connectivity index (χ0v) is 12.5. The van der Waals surface area contributed by atoms with Crippen LogP contribution in [-0.4, -0.2) is 12.6 Å². The van der Waals surface area contributed by atoms with E-state index in [0.717, 1.165) is 31.3 Å². The molecule has 1 aliphatic carbocycles. The predicted molar refractivity (Wildman–Crippen MR) is 77.3 cm³/mol. The molecule has 0 bridgehead atoms. The molecule has 18 heavy (non-hydrogen) atoms. The molecule has 1 N–H and O–H groups in total. The van der Waals surface area contributed by atoms with Crippen molar-refractivity contribution in [3.05, 3.63) is 0 Å². The van der Waals surface area contributed by atoms with E-state index in [1.807, 2.05) is 13.8 Å². The third-order valence-corrected chi connectivity index (χ3v) is 4.22. The van der Waals surface area contributed by atoms with Crippen molar-refractivity contribution < 1.29 is 0 Å². The van der Waals surface area contributed by atoms with E-state index in [4.69, 9.17) is 5.26 Å². The van der Waals surface area contributed by atoms with Crippen molar-refractivity contribution >= 4 is 0 Å². The van der Waals surface area contributed by atoms with Crippen molar-refractivity contribution in [1.29, 1.82) is 5.26 Å². The highest BCUT2D eigenvalue weighted by Crippen LogP contribution is 2.23. The van der Waals surface area contributed by atoms with Crippen LogP contribution >= 0.6 is 0 Å². The number of nitriles is 1. The van der Waals surface area contributed by atoms with E-state index < -0.39 is 0 Å². The Kier molecular flexibility index (Phi) is 6.71. The molecule has 2 nitrogen and oxygen atoms in total. The molecule has 2 heteroatoms. The molecule has 104 valence electrons. The van der Waals surface area contributed by atoms with Gasteiger partial charge in [0.05, 0.1) is 11.5 Å². The van der Waals surface area contributed by atoms with Crippen LogP contribution in [0.1, 0.15) is 72.1 Å². The van der Waals surface area contributed by atoms with Crippen molar-refractivity contribution in [2.75, 3.05) is 6.54 Å². The molecular formula is C16H30N2. The van der Waals surface area contributed by atoms with Crippen molar-refractivity contribution in [3.63, 3.8) is 0 Å². The minimum absolute atomic E-state index is 0.141. The van der Waals surface area contributed by atoms with Crippen molar-refractivity contribution in [3.8, 4) is 6.07 Å². The maximum Gasteiger partial charge on any atom is 0.0683 e. The summed E-state index contributed by atoms with van der Waals surface area (Å²) in [6, 6.07) is 3.12. The van der Waals surface area contributed by atoms with Crippen LogP contribution in [0.4, 0.5) is 0 Å². The lowest BCUT2D eigenvalue weighted by molar-refractivity contribution is 0.403.